The van der Waals surface area contributed by atoms with Gasteiger partial charge in [0.2, 0.25) is 5.88 Å². The molecule has 3 rings (SSSR count). The standard InChI is InChI=1S/C17H13N3O2/c1-21-13-8-6-12(7-9-13)16-19-15-5-3-2-4-14(15)17(20-16)22-11-10-18/h2-9H,11H2,1H3. The van der Waals surface area contributed by atoms with Gasteiger partial charge in [0.1, 0.15) is 11.8 Å². The van der Waals surface area contributed by atoms with Crippen molar-refractivity contribution in [3.63, 3.8) is 0 Å². The van der Waals surface area contributed by atoms with Crippen molar-refractivity contribution in [3.8, 4) is 29.1 Å². The average molecular weight is 291 g/mol. The Morgan fingerprint density at radius 3 is 2.55 bits per heavy atom. The largest absolute Gasteiger partial charge is 0.497 e. The summed E-state index contributed by atoms with van der Waals surface area (Å²) >= 11 is 0. The molecule has 0 atom stereocenters. The third-order valence-corrected chi connectivity index (χ3v) is 3.19. The molecule has 0 fully saturated rings. The van der Waals surface area contributed by atoms with Crippen molar-refractivity contribution in [1.82, 2.24) is 9.97 Å². The normalized spacial score (nSPS) is 10.2. The molecule has 0 saturated carbocycles. The van der Waals surface area contributed by atoms with Crippen LogP contribution in [0.3, 0.4) is 0 Å². The number of hydrogen-bond acceptors (Lipinski definition) is 5. The molecule has 0 saturated heterocycles. The fourth-order valence-electron chi connectivity index (χ4n) is 2.13. The van der Waals surface area contributed by atoms with Crippen LogP contribution in [-0.2, 0) is 0 Å². The Morgan fingerprint density at radius 1 is 1.05 bits per heavy atom. The van der Waals surface area contributed by atoms with E-state index in [0.29, 0.717) is 11.7 Å². The lowest BCUT2D eigenvalue weighted by Gasteiger charge is -2.08. The van der Waals surface area contributed by atoms with Gasteiger partial charge in [0.15, 0.2) is 12.4 Å². The topological polar surface area (TPSA) is 68.0 Å². The molecule has 22 heavy (non-hydrogen) atoms. The van der Waals surface area contributed by atoms with Gasteiger partial charge in [-0.05, 0) is 36.4 Å². The van der Waals surface area contributed by atoms with Crippen molar-refractivity contribution >= 4 is 10.9 Å². The number of ether oxygens (including phenoxy) is 2. The number of fused-ring (bicyclic) bond motifs is 1. The highest BCUT2D eigenvalue weighted by Gasteiger charge is 2.10. The van der Waals surface area contributed by atoms with Crippen LogP contribution in [0.5, 0.6) is 11.6 Å². The predicted octanol–water partition coefficient (Wildman–Crippen LogP) is 3.21. The summed E-state index contributed by atoms with van der Waals surface area (Å²) < 4.78 is 10.6. The minimum Gasteiger partial charge on any atom is -0.497 e. The monoisotopic (exact) mass is 291 g/mol. The zero-order chi connectivity index (χ0) is 15.4. The molecule has 5 heteroatoms. The number of benzene rings is 2. The van der Waals surface area contributed by atoms with Crippen molar-refractivity contribution in [2.75, 3.05) is 13.7 Å². The van der Waals surface area contributed by atoms with Crippen LogP contribution in [0.1, 0.15) is 0 Å². The third kappa shape index (κ3) is 2.67. The van der Waals surface area contributed by atoms with E-state index in [1.807, 2.05) is 54.6 Å². The lowest BCUT2D eigenvalue weighted by atomic mass is 10.2. The summed E-state index contributed by atoms with van der Waals surface area (Å²) in [4.78, 5) is 8.99. The first-order valence-corrected chi connectivity index (χ1v) is 6.73. The van der Waals surface area contributed by atoms with Crippen molar-refractivity contribution in [2.45, 2.75) is 0 Å². The lowest BCUT2D eigenvalue weighted by molar-refractivity contribution is 0.358. The highest BCUT2D eigenvalue weighted by atomic mass is 16.5. The van der Waals surface area contributed by atoms with E-state index >= 15 is 0 Å². The minimum absolute atomic E-state index is 0.0525. The molecule has 0 aliphatic carbocycles. The van der Waals surface area contributed by atoms with Gasteiger partial charge in [-0.3, -0.25) is 0 Å². The van der Waals surface area contributed by atoms with Crippen LogP contribution < -0.4 is 9.47 Å². The summed E-state index contributed by atoms with van der Waals surface area (Å²) in [5, 5.41) is 9.50. The van der Waals surface area contributed by atoms with E-state index in [0.717, 1.165) is 22.2 Å². The summed E-state index contributed by atoms with van der Waals surface area (Å²) in [5.41, 5.74) is 1.63. The van der Waals surface area contributed by atoms with Crippen LogP contribution in [0.15, 0.2) is 48.5 Å². The van der Waals surface area contributed by atoms with Crippen molar-refractivity contribution in [2.24, 2.45) is 0 Å². The van der Waals surface area contributed by atoms with Crippen LogP contribution in [0, 0.1) is 11.3 Å². The summed E-state index contributed by atoms with van der Waals surface area (Å²) in [5.74, 6) is 1.73. The number of hydrogen-bond donors (Lipinski definition) is 0. The first-order chi connectivity index (χ1) is 10.8. The molecular formula is C17H13N3O2. The van der Waals surface area contributed by atoms with Gasteiger partial charge in [-0.2, -0.15) is 10.2 Å². The smallest absolute Gasteiger partial charge is 0.226 e. The van der Waals surface area contributed by atoms with Crippen molar-refractivity contribution in [1.29, 1.82) is 5.26 Å². The maximum Gasteiger partial charge on any atom is 0.226 e. The summed E-state index contributed by atoms with van der Waals surface area (Å²) in [7, 11) is 1.62. The number of nitriles is 1. The molecule has 1 aromatic heterocycles. The number of methoxy groups -OCH3 is 1. The van der Waals surface area contributed by atoms with E-state index in [1.165, 1.54) is 0 Å². The Balaban J connectivity index is 2.11. The molecule has 0 aliphatic heterocycles. The highest BCUT2D eigenvalue weighted by Crippen LogP contribution is 2.27. The molecule has 0 radical (unpaired) electrons. The first kappa shape index (κ1) is 13.8. The van der Waals surface area contributed by atoms with Gasteiger partial charge in [0.25, 0.3) is 0 Å². The molecule has 0 spiro atoms. The highest BCUT2D eigenvalue weighted by molar-refractivity contribution is 5.85. The van der Waals surface area contributed by atoms with E-state index in [2.05, 4.69) is 9.97 Å². The van der Waals surface area contributed by atoms with Gasteiger partial charge in [-0.25, -0.2) is 4.98 Å². The number of nitrogens with zero attached hydrogens (tertiary/aromatic N) is 3. The predicted molar refractivity (Wildman–Crippen MR) is 82.6 cm³/mol. The summed E-state index contributed by atoms with van der Waals surface area (Å²) in [6, 6.07) is 17.0. The SMILES string of the molecule is COc1ccc(-c2nc(OCC#N)c3ccccc3n2)cc1. The van der Waals surface area contributed by atoms with Gasteiger partial charge in [0, 0.05) is 5.56 Å². The zero-order valence-corrected chi connectivity index (χ0v) is 12.0. The van der Waals surface area contributed by atoms with E-state index in [-0.39, 0.29) is 6.61 Å². The van der Waals surface area contributed by atoms with Gasteiger partial charge < -0.3 is 9.47 Å². The molecule has 0 unspecified atom stereocenters. The molecular weight excluding hydrogens is 278 g/mol. The van der Waals surface area contributed by atoms with Crippen molar-refractivity contribution < 1.29 is 9.47 Å². The van der Waals surface area contributed by atoms with Crippen LogP contribution in [0.4, 0.5) is 0 Å². The second kappa shape index (κ2) is 6.10. The van der Waals surface area contributed by atoms with Gasteiger partial charge in [-0.15, -0.1) is 0 Å². The molecule has 3 aromatic rings. The number of para-hydroxylation sites is 1. The van der Waals surface area contributed by atoms with Gasteiger partial charge in [-0.1, -0.05) is 12.1 Å². The van der Waals surface area contributed by atoms with E-state index in [4.69, 9.17) is 14.7 Å². The quantitative estimate of drug-likeness (QED) is 0.738. The average Bonchev–Trinajstić information content (AvgIpc) is 2.59. The molecule has 0 bridgehead atoms. The van der Waals surface area contributed by atoms with Crippen LogP contribution >= 0.6 is 0 Å². The van der Waals surface area contributed by atoms with Gasteiger partial charge >= 0.3 is 0 Å². The Bertz CT molecular complexity index is 839. The van der Waals surface area contributed by atoms with Gasteiger partial charge in [0.05, 0.1) is 18.0 Å². The minimum atomic E-state index is -0.0525. The Morgan fingerprint density at radius 2 is 1.82 bits per heavy atom. The summed E-state index contributed by atoms with van der Waals surface area (Å²) in [6.45, 7) is -0.0525. The molecule has 0 N–H and O–H groups in total. The Kier molecular flexibility index (Phi) is 3.84. The maximum atomic E-state index is 8.71. The fourth-order valence-corrected chi connectivity index (χ4v) is 2.13. The number of rotatable bonds is 4. The fraction of sp³-hybridized carbons (Fsp3) is 0.118. The van der Waals surface area contributed by atoms with Crippen LogP contribution in [0.2, 0.25) is 0 Å². The summed E-state index contributed by atoms with van der Waals surface area (Å²) in [6.07, 6.45) is 0. The Labute approximate surface area is 127 Å². The lowest BCUT2D eigenvalue weighted by Crippen LogP contribution is -2.00. The molecule has 0 amide bonds. The van der Waals surface area contributed by atoms with E-state index in [1.54, 1.807) is 7.11 Å². The van der Waals surface area contributed by atoms with Crippen LogP contribution in [0.25, 0.3) is 22.3 Å². The van der Waals surface area contributed by atoms with Crippen LogP contribution in [-0.4, -0.2) is 23.7 Å². The molecule has 0 aliphatic rings. The molecule has 5 nitrogen and oxygen atoms in total. The van der Waals surface area contributed by atoms with E-state index in [9.17, 15) is 0 Å². The first-order valence-electron chi connectivity index (χ1n) is 6.73. The zero-order valence-electron chi connectivity index (χ0n) is 12.0. The number of aromatic nitrogens is 2. The Hall–Kier alpha value is -3.13. The van der Waals surface area contributed by atoms with Crippen molar-refractivity contribution in [3.05, 3.63) is 48.5 Å². The van der Waals surface area contributed by atoms with E-state index < -0.39 is 0 Å². The molecule has 1 heterocycles. The molecule has 2 aromatic carbocycles. The maximum absolute atomic E-state index is 8.71. The second-order valence-corrected chi connectivity index (χ2v) is 4.54. The third-order valence-electron chi connectivity index (χ3n) is 3.19. The second-order valence-electron chi connectivity index (χ2n) is 4.54. The molecule has 108 valence electrons.